The summed E-state index contributed by atoms with van der Waals surface area (Å²) in [6, 6.07) is 5.35. The fourth-order valence-corrected chi connectivity index (χ4v) is 2.16. The van der Waals surface area contributed by atoms with Crippen LogP contribution in [-0.4, -0.2) is 13.2 Å². The van der Waals surface area contributed by atoms with E-state index in [9.17, 15) is 4.39 Å². The number of halogens is 1. The highest BCUT2D eigenvalue weighted by Gasteiger charge is 2.15. The van der Waals surface area contributed by atoms with Crippen molar-refractivity contribution < 1.29 is 9.13 Å². The molecule has 3 heteroatoms. The van der Waals surface area contributed by atoms with E-state index in [1.807, 2.05) is 0 Å². The van der Waals surface area contributed by atoms with Crippen molar-refractivity contribution in [1.82, 2.24) is 0 Å². The van der Waals surface area contributed by atoms with E-state index in [0.29, 0.717) is 6.04 Å². The van der Waals surface area contributed by atoms with Gasteiger partial charge in [-0.25, -0.2) is 4.39 Å². The van der Waals surface area contributed by atoms with Crippen LogP contribution in [0.2, 0.25) is 0 Å². The topological polar surface area (TPSA) is 21.3 Å². The van der Waals surface area contributed by atoms with Crippen LogP contribution in [0.25, 0.3) is 0 Å². The molecule has 1 aliphatic rings. The fraction of sp³-hybridized carbons (Fsp3) is 0.429. The van der Waals surface area contributed by atoms with Gasteiger partial charge in [0.15, 0.2) is 11.6 Å². The molecule has 0 bridgehead atoms. The van der Waals surface area contributed by atoms with E-state index in [2.05, 4.69) is 11.9 Å². The van der Waals surface area contributed by atoms with Gasteiger partial charge in [0.2, 0.25) is 0 Å². The lowest BCUT2D eigenvalue weighted by molar-refractivity contribution is 0.386. The van der Waals surface area contributed by atoms with Crippen molar-refractivity contribution in [3.63, 3.8) is 0 Å². The van der Waals surface area contributed by atoms with Crippen LogP contribution in [0.1, 0.15) is 25.7 Å². The molecule has 0 aliphatic heterocycles. The summed E-state index contributed by atoms with van der Waals surface area (Å²) in [5.74, 6) is -0.0368. The van der Waals surface area contributed by atoms with Crippen molar-refractivity contribution in [2.75, 3.05) is 12.4 Å². The van der Waals surface area contributed by atoms with Gasteiger partial charge in [0, 0.05) is 17.8 Å². The second-order valence-electron chi connectivity index (χ2n) is 4.52. The summed E-state index contributed by atoms with van der Waals surface area (Å²) in [4.78, 5) is 0. The smallest absolute Gasteiger partial charge is 0.165 e. The third-order valence-electron chi connectivity index (χ3n) is 3.21. The molecule has 1 saturated carbocycles. The van der Waals surface area contributed by atoms with Crippen LogP contribution >= 0.6 is 0 Å². The minimum atomic E-state index is -0.324. The summed E-state index contributed by atoms with van der Waals surface area (Å²) in [5, 5.41) is 3.42. The maximum Gasteiger partial charge on any atom is 0.165 e. The predicted molar refractivity (Wildman–Crippen MR) is 68.0 cm³/mol. The normalized spacial score (nSPS) is 16.9. The maximum atomic E-state index is 13.2. The van der Waals surface area contributed by atoms with Crippen molar-refractivity contribution in [3.8, 4) is 5.75 Å². The monoisotopic (exact) mass is 235 g/mol. The Morgan fingerprint density at radius 2 is 2.06 bits per heavy atom. The van der Waals surface area contributed by atoms with Crippen molar-refractivity contribution >= 4 is 5.69 Å². The van der Waals surface area contributed by atoms with Gasteiger partial charge < -0.3 is 10.1 Å². The lowest BCUT2D eigenvalue weighted by atomic mass is 9.92. The van der Waals surface area contributed by atoms with Gasteiger partial charge in [-0.1, -0.05) is 12.2 Å². The molecule has 2 rings (SSSR count). The number of allylic oxidation sites excluding steroid dienone is 1. The SMILES string of the molecule is C=C1CCC(Nc2ccc(F)c(OC)c2)CC1. The Balaban J connectivity index is 2.01. The number of ether oxygens (including phenoxy) is 1. The zero-order valence-electron chi connectivity index (χ0n) is 10.1. The Labute approximate surface area is 101 Å². The predicted octanol–water partition coefficient (Wildman–Crippen LogP) is 3.75. The quantitative estimate of drug-likeness (QED) is 0.806. The van der Waals surface area contributed by atoms with Gasteiger partial charge in [-0.05, 0) is 37.8 Å². The van der Waals surface area contributed by atoms with Gasteiger partial charge in [-0.3, -0.25) is 0 Å². The Bertz CT molecular complexity index is 407. The standard InChI is InChI=1S/C14H18FNO/c1-10-3-5-11(6-4-10)16-12-7-8-13(15)14(9-12)17-2/h7-9,11,16H,1,3-6H2,2H3. The Morgan fingerprint density at radius 3 is 2.71 bits per heavy atom. The molecular weight excluding hydrogens is 217 g/mol. The third-order valence-corrected chi connectivity index (χ3v) is 3.21. The molecular formula is C14H18FNO. The molecule has 0 heterocycles. The largest absolute Gasteiger partial charge is 0.494 e. The van der Waals surface area contributed by atoms with Gasteiger partial charge in [0.05, 0.1) is 7.11 Å². The van der Waals surface area contributed by atoms with Gasteiger partial charge in [-0.2, -0.15) is 0 Å². The summed E-state index contributed by atoms with van der Waals surface area (Å²) in [6.07, 6.45) is 4.35. The van der Waals surface area contributed by atoms with Crippen molar-refractivity contribution in [2.45, 2.75) is 31.7 Å². The van der Waals surface area contributed by atoms with Crippen LogP contribution in [0.5, 0.6) is 5.75 Å². The van der Waals surface area contributed by atoms with Crippen LogP contribution in [0.15, 0.2) is 30.4 Å². The van der Waals surface area contributed by atoms with E-state index in [1.54, 1.807) is 12.1 Å². The lowest BCUT2D eigenvalue weighted by Crippen LogP contribution is -2.22. The molecule has 1 aromatic rings. The first-order valence-corrected chi connectivity index (χ1v) is 5.96. The first-order chi connectivity index (χ1) is 8.19. The minimum Gasteiger partial charge on any atom is -0.494 e. The average Bonchev–Trinajstić information content (AvgIpc) is 2.34. The first-order valence-electron chi connectivity index (χ1n) is 5.96. The van der Waals surface area contributed by atoms with E-state index in [1.165, 1.54) is 18.7 Å². The molecule has 0 unspecified atom stereocenters. The molecule has 1 aromatic carbocycles. The number of hydrogen-bond donors (Lipinski definition) is 1. The summed E-state index contributed by atoms with van der Waals surface area (Å²) >= 11 is 0. The van der Waals surface area contributed by atoms with E-state index >= 15 is 0 Å². The highest BCUT2D eigenvalue weighted by atomic mass is 19.1. The Kier molecular flexibility index (Phi) is 3.67. The van der Waals surface area contributed by atoms with Crippen LogP contribution in [0.3, 0.4) is 0 Å². The number of benzene rings is 1. The number of hydrogen-bond acceptors (Lipinski definition) is 2. The number of methoxy groups -OCH3 is 1. The zero-order chi connectivity index (χ0) is 12.3. The highest BCUT2D eigenvalue weighted by molar-refractivity contribution is 5.49. The number of rotatable bonds is 3. The molecule has 2 nitrogen and oxygen atoms in total. The number of anilines is 1. The van der Waals surface area contributed by atoms with Crippen LogP contribution in [-0.2, 0) is 0 Å². The minimum absolute atomic E-state index is 0.287. The van der Waals surface area contributed by atoms with Crippen LogP contribution in [0.4, 0.5) is 10.1 Å². The van der Waals surface area contributed by atoms with E-state index in [-0.39, 0.29) is 11.6 Å². The van der Waals surface area contributed by atoms with Crippen molar-refractivity contribution in [3.05, 3.63) is 36.2 Å². The fourth-order valence-electron chi connectivity index (χ4n) is 2.16. The summed E-state index contributed by atoms with van der Waals surface area (Å²) in [6.45, 7) is 4.00. The van der Waals surface area contributed by atoms with Gasteiger partial charge >= 0.3 is 0 Å². The van der Waals surface area contributed by atoms with Gasteiger partial charge in [0.25, 0.3) is 0 Å². The van der Waals surface area contributed by atoms with Crippen LogP contribution in [0, 0.1) is 5.82 Å². The summed E-state index contributed by atoms with van der Waals surface area (Å²) in [5.41, 5.74) is 2.25. The maximum absolute atomic E-state index is 13.2. The van der Waals surface area contributed by atoms with Gasteiger partial charge in [-0.15, -0.1) is 0 Å². The second-order valence-corrected chi connectivity index (χ2v) is 4.52. The Morgan fingerprint density at radius 1 is 1.35 bits per heavy atom. The first kappa shape index (κ1) is 12.0. The molecule has 0 amide bonds. The molecule has 0 saturated heterocycles. The molecule has 17 heavy (non-hydrogen) atoms. The zero-order valence-corrected chi connectivity index (χ0v) is 10.1. The van der Waals surface area contributed by atoms with Crippen molar-refractivity contribution in [1.29, 1.82) is 0 Å². The lowest BCUT2D eigenvalue weighted by Gasteiger charge is -2.25. The molecule has 0 radical (unpaired) electrons. The molecule has 1 fully saturated rings. The highest BCUT2D eigenvalue weighted by Crippen LogP contribution is 2.27. The molecule has 0 aromatic heterocycles. The third kappa shape index (κ3) is 2.99. The molecule has 0 spiro atoms. The van der Waals surface area contributed by atoms with E-state index in [0.717, 1.165) is 31.4 Å². The van der Waals surface area contributed by atoms with Gasteiger partial charge in [0.1, 0.15) is 0 Å². The van der Waals surface area contributed by atoms with E-state index < -0.39 is 0 Å². The Hall–Kier alpha value is -1.51. The summed E-state index contributed by atoms with van der Waals surface area (Å²) in [7, 11) is 1.48. The average molecular weight is 235 g/mol. The van der Waals surface area contributed by atoms with E-state index in [4.69, 9.17) is 4.74 Å². The number of nitrogens with one attached hydrogen (secondary N) is 1. The summed E-state index contributed by atoms with van der Waals surface area (Å²) < 4.78 is 18.2. The second kappa shape index (κ2) is 5.21. The molecule has 1 aliphatic carbocycles. The molecule has 92 valence electrons. The van der Waals surface area contributed by atoms with Crippen molar-refractivity contribution in [2.24, 2.45) is 0 Å². The molecule has 1 N–H and O–H groups in total. The molecule has 0 atom stereocenters. The van der Waals surface area contributed by atoms with Crippen LogP contribution < -0.4 is 10.1 Å².